The van der Waals surface area contributed by atoms with Crippen molar-refractivity contribution in [2.24, 2.45) is 0 Å². The topological polar surface area (TPSA) is 49.6 Å². The lowest BCUT2D eigenvalue weighted by Gasteiger charge is -2.09. The Morgan fingerprint density at radius 2 is 2.04 bits per heavy atom. The maximum atomic E-state index is 12.3. The predicted molar refractivity (Wildman–Crippen MR) is 94.1 cm³/mol. The zero-order valence-corrected chi connectivity index (χ0v) is 14.4. The minimum Gasteiger partial charge on any atom is -0.349 e. The number of hydrogen-bond donors (Lipinski definition) is 1. The third-order valence-electron chi connectivity index (χ3n) is 3.63. The molecule has 3 rings (SSSR count). The number of rotatable bonds is 5. The quantitative estimate of drug-likeness (QED) is 0.783. The molecule has 0 aliphatic carbocycles. The van der Waals surface area contributed by atoms with Crippen LogP contribution < -0.4 is 5.32 Å². The summed E-state index contributed by atoms with van der Waals surface area (Å²) < 4.78 is 1.87. The van der Waals surface area contributed by atoms with Gasteiger partial charge in [0, 0.05) is 30.2 Å². The van der Waals surface area contributed by atoms with Gasteiger partial charge in [-0.3, -0.25) is 9.20 Å². The van der Waals surface area contributed by atoms with E-state index in [9.17, 15) is 4.79 Å². The summed E-state index contributed by atoms with van der Waals surface area (Å²) in [4.78, 5) is 19.8. The minimum atomic E-state index is -0.0639. The molecule has 6 heteroatoms. The molecule has 5 nitrogen and oxygen atoms in total. The molecular formula is C17H20N4OS. The molecule has 2 heterocycles. The second kappa shape index (κ2) is 6.52. The summed E-state index contributed by atoms with van der Waals surface area (Å²) in [6, 6.07) is 8.24. The number of nitrogens with zero attached hydrogens (tertiary/aromatic N) is 3. The van der Waals surface area contributed by atoms with E-state index in [1.54, 1.807) is 0 Å². The number of hydrogen-bond acceptors (Lipinski definition) is 4. The van der Waals surface area contributed by atoms with Gasteiger partial charge in [0.15, 0.2) is 4.96 Å². The van der Waals surface area contributed by atoms with Crippen LogP contribution in [0.1, 0.15) is 16.1 Å². The third kappa shape index (κ3) is 3.43. The van der Waals surface area contributed by atoms with E-state index in [0.29, 0.717) is 12.2 Å². The molecule has 0 fully saturated rings. The highest BCUT2D eigenvalue weighted by Gasteiger charge is 2.14. The molecule has 0 radical (unpaired) electrons. The van der Waals surface area contributed by atoms with Gasteiger partial charge < -0.3 is 10.2 Å². The van der Waals surface area contributed by atoms with Crippen molar-refractivity contribution in [1.82, 2.24) is 19.6 Å². The summed E-state index contributed by atoms with van der Waals surface area (Å²) in [7, 11) is 3.97. The van der Waals surface area contributed by atoms with Gasteiger partial charge in [-0.05, 0) is 21.0 Å². The molecule has 120 valence electrons. The van der Waals surface area contributed by atoms with Crippen LogP contribution in [0.2, 0.25) is 0 Å². The molecule has 0 bridgehead atoms. The lowest BCUT2D eigenvalue weighted by Crippen LogP contribution is -2.31. The van der Waals surface area contributed by atoms with E-state index in [4.69, 9.17) is 0 Å². The summed E-state index contributed by atoms with van der Waals surface area (Å²) >= 11 is 1.48. The first-order chi connectivity index (χ1) is 11.0. The highest BCUT2D eigenvalue weighted by molar-refractivity contribution is 7.15. The molecule has 2 aromatic heterocycles. The van der Waals surface area contributed by atoms with Crippen molar-refractivity contribution in [3.05, 3.63) is 47.1 Å². The summed E-state index contributed by atoms with van der Waals surface area (Å²) in [6.07, 6.45) is 1.93. The lowest BCUT2D eigenvalue weighted by atomic mass is 10.1. The molecule has 23 heavy (non-hydrogen) atoms. The fourth-order valence-corrected chi connectivity index (χ4v) is 3.15. The Morgan fingerprint density at radius 1 is 1.30 bits per heavy atom. The van der Waals surface area contributed by atoms with E-state index in [0.717, 1.165) is 22.8 Å². The molecule has 1 amide bonds. The van der Waals surface area contributed by atoms with Gasteiger partial charge in [0.2, 0.25) is 0 Å². The number of likely N-dealkylation sites (N-methyl/N-ethyl adjacent to an activating group) is 1. The minimum absolute atomic E-state index is 0.0639. The van der Waals surface area contributed by atoms with E-state index in [2.05, 4.69) is 41.5 Å². The number of amides is 1. The van der Waals surface area contributed by atoms with Gasteiger partial charge in [-0.25, -0.2) is 4.98 Å². The second-order valence-electron chi connectivity index (χ2n) is 5.82. The van der Waals surface area contributed by atoms with Crippen molar-refractivity contribution in [2.45, 2.75) is 6.92 Å². The van der Waals surface area contributed by atoms with Crippen molar-refractivity contribution < 1.29 is 4.79 Å². The highest BCUT2D eigenvalue weighted by Crippen LogP contribution is 2.23. The van der Waals surface area contributed by atoms with E-state index < -0.39 is 0 Å². The average Bonchev–Trinajstić information content (AvgIpc) is 3.07. The predicted octanol–water partition coefficient (Wildman–Crippen LogP) is 2.66. The van der Waals surface area contributed by atoms with Crippen LogP contribution in [-0.4, -0.2) is 47.4 Å². The number of nitrogens with one attached hydrogen (secondary N) is 1. The van der Waals surface area contributed by atoms with Gasteiger partial charge in [0.05, 0.1) is 5.69 Å². The van der Waals surface area contributed by atoms with Crippen molar-refractivity contribution in [3.63, 3.8) is 0 Å². The molecule has 1 aromatic carbocycles. The SMILES string of the molecule is Cc1ccc(-c2cn3c(C(=O)NCCN(C)C)csc3n2)cc1. The van der Waals surface area contributed by atoms with Crippen molar-refractivity contribution >= 4 is 22.2 Å². The zero-order valence-electron chi connectivity index (χ0n) is 13.5. The Kier molecular flexibility index (Phi) is 4.45. The van der Waals surface area contributed by atoms with Crippen LogP contribution in [-0.2, 0) is 0 Å². The maximum absolute atomic E-state index is 12.3. The Bertz CT molecular complexity index is 817. The number of imidazole rings is 1. The first kappa shape index (κ1) is 15.7. The van der Waals surface area contributed by atoms with Gasteiger partial charge in [-0.2, -0.15) is 0 Å². The van der Waals surface area contributed by atoms with E-state index in [1.807, 2.05) is 35.0 Å². The van der Waals surface area contributed by atoms with Crippen LogP contribution in [0, 0.1) is 6.92 Å². The van der Waals surface area contributed by atoms with Crippen LogP contribution >= 0.6 is 11.3 Å². The van der Waals surface area contributed by atoms with Crippen molar-refractivity contribution in [3.8, 4) is 11.3 Å². The van der Waals surface area contributed by atoms with Crippen LogP contribution in [0.25, 0.3) is 16.2 Å². The number of aromatic nitrogens is 2. The molecule has 0 aliphatic heterocycles. The van der Waals surface area contributed by atoms with E-state index in [-0.39, 0.29) is 5.91 Å². The normalized spacial score (nSPS) is 11.3. The lowest BCUT2D eigenvalue weighted by molar-refractivity contribution is 0.0945. The number of carbonyl (C=O) groups is 1. The summed E-state index contributed by atoms with van der Waals surface area (Å²) in [6.45, 7) is 3.51. The van der Waals surface area contributed by atoms with Crippen LogP contribution in [0.5, 0.6) is 0 Å². The zero-order chi connectivity index (χ0) is 16.4. The van der Waals surface area contributed by atoms with Crippen molar-refractivity contribution in [2.75, 3.05) is 27.2 Å². The molecule has 0 spiro atoms. The van der Waals surface area contributed by atoms with E-state index >= 15 is 0 Å². The second-order valence-corrected chi connectivity index (χ2v) is 6.66. The Hall–Kier alpha value is -2.18. The van der Waals surface area contributed by atoms with Crippen molar-refractivity contribution in [1.29, 1.82) is 0 Å². The van der Waals surface area contributed by atoms with Gasteiger partial charge in [0.25, 0.3) is 5.91 Å². The van der Waals surface area contributed by atoms with E-state index in [1.165, 1.54) is 16.9 Å². The highest BCUT2D eigenvalue weighted by atomic mass is 32.1. The molecular weight excluding hydrogens is 308 g/mol. The molecule has 0 unspecified atom stereocenters. The monoisotopic (exact) mass is 328 g/mol. The number of benzene rings is 1. The number of aryl methyl sites for hydroxylation is 1. The van der Waals surface area contributed by atoms with Crippen LogP contribution in [0.15, 0.2) is 35.8 Å². The average molecular weight is 328 g/mol. The maximum Gasteiger partial charge on any atom is 0.269 e. The largest absolute Gasteiger partial charge is 0.349 e. The fourth-order valence-electron chi connectivity index (χ4n) is 2.29. The van der Waals surface area contributed by atoms with Crippen LogP contribution in [0.3, 0.4) is 0 Å². The first-order valence-electron chi connectivity index (χ1n) is 7.51. The fraction of sp³-hybridized carbons (Fsp3) is 0.294. The number of thiazole rings is 1. The third-order valence-corrected chi connectivity index (χ3v) is 4.47. The van der Waals surface area contributed by atoms with Gasteiger partial charge in [-0.1, -0.05) is 29.8 Å². The molecule has 0 saturated carbocycles. The first-order valence-corrected chi connectivity index (χ1v) is 8.39. The van der Waals surface area contributed by atoms with Gasteiger partial charge >= 0.3 is 0 Å². The van der Waals surface area contributed by atoms with Crippen LogP contribution in [0.4, 0.5) is 0 Å². The summed E-state index contributed by atoms with van der Waals surface area (Å²) in [5.41, 5.74) is 3.80. The molecule has 0 saturated heterocycles. The number of fused-ring (bicyclic) bond motifs is 1. The molecule has 0 atom stereocenters. The number of carbonyl (C=O) groups excluding carboxylic acids is 1. The standard InChI is InChI=1S/C17H20N4OS/c1-12-4-6-13(7-5-12)14-10-21-15(11-23-17(21)19-14)16(22)18-8-9-20(2)3/h4-7,10-11H,8-9H2,1-3H3,(H,18,22). The summed E-state index contributed by atoms with van der Waals surface area (Å²) in [5, 5.41) is 4.80. The van der Waals surface area contributed by atoms with Gasteiger partial charge in [0.1, 0.15) is 5.69 Å². The molecule has 0 aliphatic rings. The molecule has 3 aromatic rings. The molecule has 1 N–H and O–H groups in total. The Balaban J connectivity index is 1.83. The van der Waals surface area contributed by atoms with Gasteiger partial charge in [-0.15, -0.1) is 11.3 Å². The smallest absolute Gasteiger partial charge is 0.269 e. The summed E-state index contributed by atoms with van der Waals surface area (Å²) in [5.74, 6) is -0.0639. The Morgan fingerprint density at radius 3 is 2.74 bits per heavy atom. The Labute approximate surface area is 139 Å².